The molecule has 20 heavy (non-hydrogen) atoms. The Morgan fingerprint density at radius 2 is 2.00 bits per heavy atom. The Morgan fingerprint density at radius 3 is 2.70 bits per heavy atom. The third kappa shape index (κ3) is 2.70. The number of ether oxygens (including phenoxy) is 1. The molecule has 0 fully saturated rings. The molecule has 0 amide bonds. The van der Waals surface area contributed by atoms with E-state index in [1.807, 2.05) is 0 Å². The minimum absolute atomic E-state index is 0.000520. The number of hydrogen-bond acceptors (Lipinski definition) is 4. The van der Waals surface area contributed by atoms with Gasteiger partial charge in [0.25, 0.3) is 0 Å². The summed E-state index contributed by atoms with van der Waals surface area (Å²) in [6, 6.07) is 13.6. The number of nitrogen functional groups attached to an aromatic ring is 1. The van der Waals surface area contributed by atoms with Gasteiger partial charge in [-0.1, -0.05) is 24.3 Å². The van der Waals surface area contributed by atoms with Crippen molar-refractivity contribution in [1.82, 2.24) is 0 Å². The average Bonchev–Trinajstić information content (AvgIpc) is 2.46. The zero-order valence-corrected chi connectivity index (χ0v) is 10.5. The van der Waals surface area contributed by atoms with Crippen LogP contribution < -0.4 is 10.5 Å². The van der Waals surface area contributed by atoms with Crippen molar-refractivity contribution in [2.75, 3.05) is 5.73 Å². The maximum Gasteiger partial charge on any atom is 0.339 e. The number of carboxylic acid groups (broad SMARTS) is 1. The summed E-state index contributed by atoms with van der Waals surface area (Å²) in [4.78, 5) is 11.1. The maximum absolute atomic E-state index is 11.1. The molecule has 0 unspecified atom stereocenters. The smallest absolute Gasteiger partial charge is 0.339 e. The molecule has 0 aliphatic rings. The molecule has 0 saturated carbocycles. The topological polar surface area (TPSA) is 96.3 Å². The van der Waals surface area contributed by atoms with E-state index in [1.54, 1.807) is 36.4 Å². The van der Waals surface area contributed by atoms with Crippen LogP contribution in [-0.4, -0.2) is 11.1 Å². The summed E-state index contributed by atoms with van der Waals surface area (Å²) < 4.78 is 5.50. The van der Waals surface area contributed by atoms with Gasteiger partial charge in [0.15, 0.2) is 5.75 Å². The Morgan fingerprint density at radius 1 is 1.25 bits per heavy atom. The molecule has 0 spiro atoms. The number of hydrogen-bond donors (Lipinski definition) is 2. The SMILES string of the molecule is N#Cc1ccccc1COc1c(N)cccc1C(=O)O. The molecule has 3 N–H and O–H groups in total. The van der Waals surface area contributed by atoms with Gasteiger partial charge in [0.2, 0.25) is 0 Å². The van der Waals surface area contributed by atoms with Gasteiger partial charge in [-0.25, -0.2) is 4.79 Å². The number of carboxylic acids is 1. The second-order valence-corrected chi connectivity index (χ2v) is 4.09. The van der Waals surface area contributed by atoms with Crippen molar-refractivity contribution < 1.29 is 14.6 Å². The number of para-hydroxylation sites is 1. The second-order valence-electron chi connectivity index (χ2n) is 4.09. The Hall–Kier alpha value is -3.00. The number of rotatable bonds is 4. The average molecular weight is 268 g/mol. The molecule has 5 heteroatoms. The Balaban J connectivity index is 2.28. The highest BCUT2D eigenvalue weighted by atomic mass is 16.5. The van der Waals surface area contributed by atoms with Crippen molar-refractivity contribution in [3.63, 3.8) is 0 Å². The van der Waals surface area contributed by atoms with Crippen molar-refractivity contribution in [2.45, 2.75) is 6.61 Å². The number of carbonyl (C=O) groups is 1. The summed E-state index contributed by atoms with van der Waals surface area (Å²) >= 11 is 0. The highest BCUT2D eigenvalue weighted by Crippen LogP contribution is 2.27. The quantitative estimate of drug-likeness (QED) is 0.830. The first-order valence-electron chi connectivity index (χ1n) is 5.86. The first kappa shape index (κ1) is 13.4. The van der Waals surface area contributed by atoms with Gasteiger partial charge in [-0.05, 0) is 18.2 Å². The number of nitriles is 1. The summed E-state index contributed by atoms with van der Waals surface area (Å²) in [6.07, 6.45) is 0. The van der Waals surface area contributed by atoms with Crippen molar-refractivity contribution in [3.05, 3.63) is 59.2 Å². The van der Waals surface area contributed by atoms with Crippen LogP contribution in [0.2, 0.25) is 0 Å². The highest BCUT2D eigenvalue weighted by molar-refractivity contribution is 5.93. The first-order valence-corrected chi connectivity index (χ1v) is 5.86. The van der Waals surface area contributed by atoms with Gasteiger partial charge in [0, 0.05) is 5.56 Å². The van der Waals surface area contributed by atoms with Gasteiger partial charge < -0.3 is 15.6 Å². The van der Waals surface area contributed by atoms with Crippen LogP contribution in [0, 0.1) is 11.3 Å². The molecule has 0 atom stereocenters. The molecule has 0 aliphatic heterocycles. The Bertz CT molecular complexity index is 690. The second kappa shape index (κ2) is 5.76. The van der Waals surface area contributed by atoms with Gasteiger partial charge in [0.05, 0.1) is 17.3 Å². The molecule has 0 aromatic heterocycles. The van der Waals surface area contributed by atoms with Crippen LogP contribution in [0.4, 0.5) is 5.69 Å². The molecule has 0 saturated heterocycles. The fraction of sp³-hybridized carbons (Fsp3) is 0.0667. The number of nitrogens with zero attached hydrogens (tertiary/aromatic N) is 1. The van der Waals surface area contributed by atoms with Gasteiger partial charge >= 0.3 is 5.97 Å². The third-order valence-corrected chi connectivity index (χ3v) is 2.79. The molecule has 2 aromatic carbocycles. The minimum Gasteiger partial charge on any atom is -0.486 e. The van der Waals surface area contributed by atoms with E-state index in [2.05, 4.69) is 6.07 Å². The summed E-state index contributed by atoms with van der Waals surface area (Å²) in [5.41, 5.74) is 7.15. The lowest BCUT2D eigenvalue weighted by atomic mass is 10.1. The molecule has 100 valence electrons. The van der Waals surface area contributed by atoms with Crippen LogP contribution in [0.25, 0.3) is 0 Å². The third-order valence-electron chi connectivity index (χ3n) is 2.79. The van der Waals surface area contributed by atoms with Crippen molar-refractivity contribution >= 4 is 11.7 Å². The molecule has 0 radical (unpaired) electrons. The normalized spacial score (nSPS) is 9.75. The maximum atomic E-state index is 11.1. The van der Waals surface area contributed by atoms with E-state index >= 15 is 0 Å². The predicted molar refractivity (Wildman–Crippen MR) is 73.3 cm³/mol. The molecular weight excluding hydrogens is 256 g/mol. The van der Waals surface area contributed by atoms with Crippen LogP contribution in [0.1, 0.15) is 21.5 Å². The van der Waals surface area contributed by atoms with E-state index < -0.39 is 5.97 Å². The van der Waals surface area contributed by atoms with Gasteiger partial charge in [-0.2, -0.15) is 5.26 Å². The standard InChI is InChI=1S/C15H12N2O3/c16-8-10-4-1-2-5-11(10)9-20-14-12(15(18)19)6-3-7-13(14)17/h1-7H,9,17H2,(H,18,19). The van der Waals surface area contributed by atoms with Crippen molar-refractivity contribution in [2.24, 2.45) is 0 Å². The number of benzene rings is 2. The molecule has 2 rings (SSSR count). The van der Waals surface area contributed by atoms with Crippen LogP contribution in [0.15, 0.2) is 42.5 Å². The largest absolute Gasteiger partial charge is 0.486 e. The summed E-state index contributed by atoms with van der Waals surface area (Å²) in [7, 11) is 0. The van der Waals surface area contributed by atoms with Crippen LogP contribution >= 0.6 is 0 Å². The summed E-state index contributed by atoms with van der Waals surface area (Å²) in [5, 5.41) is 18.1. The fourth-order valence-corrected chi connectivity index (χ4v) is 1.79. The van der Waals surface area contributed by atoms with Crippen LogP contribution in [0.3, 0.4) is 0 Å². The first-order chi connectivity index (χ1) is 9.63. The van der Waals surface area contributed by atoms with Gasteiger partial charge in [-0.15, -0.1) is 0 Å². The van der Waals surface area contributed by atoms with Crippen molar-refractivity contribution in [3.8, 4) is 11.8 Å². The number of aromatic carboxylic acids is 1. The van der Waals surface area contributed by atoms with E-state index in [0.717, 1.165) is 0 Å². The Labute approximate surface area is 115 Å². The van der Waals surface area contributed by atoms with E-state index in [9.17, 15) is 4.79 Å². The fourth-order valence-electron chi connectivity index (χ4n) is 1.79. The van der Waals surface area contributed by atoms with Crippen molar-refractivity contribution in [1.29, 1.82) is 5.26 Å². The summed E-state index contributed by atoms with van der Waals surface area (Å²) in [6.45, 7) is 0.0816. The predicted octanol–water partition coefficient (Wildman–Crippen LogP) is 2.42. The lowest BCUT2D eigenvalue weighted by Crippen LogP contribution is -2.06. The van der Waals surface area contributed by atoms with Gasteiger partial charge in [0.1, 0.15) is 12.2 Å². The van der Waals surface area contributed by atoms with E-state index in [0.29, 0.717) is 11.1 Å². The molecule has 0 heterocycles. The molecular formula is C15H12N2O3. The zero-order valence-electron chi connectivity index (χ0n) is 10.5. The van der Waals surface area contributed by atoms with Crippen LogP contribution in [0.5, 0.6) is 5.75 Å². The highest BCUT2D eigenvalue weighted by Gasteiger charge is 2.14. The lowest BCUT2D eigenvalue weighted by Gasteiger charge is -2.12. The van der Waals surface area contributed by atoms with E-state index in [-0.39, 0.29) is 23.6 Å². The van der Waals surface area contributed by atoms with E-state index in [1.165, 1.54) is 6.07 Å². The molecule has 2 aromatic rings. The Kier molecular flexibility index (Phi) is 3.87. The monoisotopic (exact) mass is 268 g/mol. The molecule has 0 bridgehead atoms. The lowest BCUT2D eigenvalue weighted by molar-refractivity contribution is 0.0692. The number of anilines is 1. The minimum atomic E-state index is -1.11. The molecule has 0 aliphatic carbocycles. The number of nitrogens with two attached hydrogens (primary N) is 1. The van der Waals surface area contributed by atoms with Crippen LogP contribution in [-0.2, 0) is 6.61 Å². The summed E-state index contributed by atoms with van der Waals surface area (Å²) in [5.74, 6) is -0.992. The van der Waals surface area contributed by atoms with Gasteiger partial charge in [-0.3, -0.25) is 0 Å². The van der Waals surface area contributed by atoms with E-state index in [4.69, 9.17) is 20.8 Å². The zero-order chi connectivity index (χ0) is 14.5. The molecule has 5 nitrogen and oxygen atoms in total.